The topological polar surface area (TPSA) is 414 Å². The second-order valence-corrected chi connectivity index (χ2v) is 21.7. The lowest BCUT2D eigenvalue weighted by Gasteiger charge is -2.47. The highest BCUT2D eigenvalue weighted by atomic mass is 16.7. The van der Waals surface area contributed by atoms with Crippen molar-refractivity contribution < 1.29 is 107 Å². The zero-order valence-corrected chi connectivity index (χ0v) is 43.1. The van der Waals surface area contributed by atoms with Crippen LogP contribution in [0, 0.1) is 29.6 Å². The van der Waals surface area contributed by atoms with Crippen LogP contribution >= 0.6 is 0 Å². The molecule has 1 fully saturated rings. The van der Waals surface area contributed by atoms with Crippen molar-refractivity contribution in [2.24, 2.45) is 29.6 Å². The lowest BCUT2D eigenvalue weighted by molar-refractivity contribution is -0.356. The number of rotatable bonds is 39. The smallest absolute Gasteiger partial charge is 0.197 e. The first-order valence-electron chi connectivity index (χ1n) is 26.3. The lowest BCUT2D eigenvalue weighted by Crippen LogP contribution is -2.65. The number of hydrogen-bond acceptors (Lipinski definition) is 21. The first-order valence-corrected chi connectivity index (χ1v) is 26.3. The number of hydrogen-bond donors (Lipinski definition) is 20. The summed E-state index contributed by atoms with van der Waals surface area (Å²) in [5.41, 5.74) is 0. The van der Waals surface area contributed by atoms with Gasteiger partial charge in [-0.25, -0.2) is 0 Å². The highest BCUT2D eigenvalue weighted by Gasteiger charge is 2.54. The Kier molecular flexibility index (Phi) is 32.7. The molecule has 0 saturated carbocycles. The molecule has 0 aliphatic carbocycles. The zero-order chi connectivity index (χ0) is 54.5. The van der Waals surface area contributed by atoms with Gasteiger partial charge in [0.25, 0.3) is 0 Å². The van der Waals surface area contributed by atoms with Gasteiger partial charge < -0.3 is 107 Å². The fourth-order valence-electron chi connectivity index (χ4n) is 9.85. The Morgan fingerprint density at radius 3 is 1.38 bits per heavy atom. The summed E-state index contributed by atoms with van der Waals surface area (Å²) in [4.78, 5) is 0. The van der Waals surface area contributed by atoms with E-state index < -0.39 is 172 Å². The van der Waals surface area contributed by atoms with Crippen LogP contribution in [0.5, 0.6) is 0 Å². The molecule has 0 aromatic heterocycles. The largest absolute Gasteiger partial charge is 0.396 e. The fourth-order valence-corrected chi connectivity index (χ4v) is 9.85. The van der Waals surface area contributed by atoms with Crippen molar-refractivity contribution in [2.75, 3.05) is 6.61 Å². The molecule has 1 heterocycles. The van der Waals surface area contributed by atoms with E-state index in [9.17, 15) is 102 Å². The van der Waals surface area contributed by atoms with Gasteiger partial charge in [0, 0.05) is 43.6 Å². The van der Waals surface area contributed by atoms with Crippen LogP contribution in [0.1, 0.15) is 157 Å². The van der Waals surface area contributed by atoms with E-state index in [0.29, 0.717) is 12.8 Å². The van der Waals surface area contributed by atoms with E-state index in [-0.39, 0.29) is 44.1 Å². The van der Waals surface area contributed by atoms with Crippen LogP contribution in [-0.2, 0) is 4.74 Å². The van der Waals surface area contributed by atoms with Gasteiger partial charge in [-0.1, -0.05) is 92.9 Å². The third kappa shape index (κ3) is 23.5. The molecule has 426 valence electrons. The van der Waals surface area contributed by atoms with E-state index in [1.807, 2.05) is 13.8 Å². The highest BCUT2D eigenvalue weighted by Crippen LogP contribution is 2.35. The van der Waals surface area contributed by atoms with E-state index >= 15 is 0 Å². The molecule has 25 atom stereocenters. The van der Waals surface area contributed by atoms with Crippen molar-refractivity contribution in [3.05, 3.63) is 0 Å². The van der Waals surface area contributed by atoms with Gasteiger partial charge in [0.05, 0.1) is 79.4 Å². The van der Waals surface area contributed by atoms with Gasteiger partial charge in [-0.2, -0.15) is 0 Å². The maximum Gasteiger partial charge on any atom is 0.197 e. The van der Waals surface area contributed by atoms with E-state index in [1.54, 1.807) is 0 Å². The summed E-state index contributed by atoms with van der Waals surface area (Å²) in [5.74, 6) is -5.27. The number of aliphatic hydroxyl groups excluding tert-OH is 19. The highest BCUT2D eigenvalue weighted by molar-refractivity contribution is 4.99. The van der Waals surface area contributed by atoms with Crippen LogP contribution in [0.15, 0.2) is 0 Å². The minimum Gasteiger partial charge on any atom is -0.396 e. The van der Waals surface area contributed by atoms with Gasteiger partial charge in [0.15, 0.2) is 5.79 Å². The van der Waals surface area contributed by atoms with Gasteiger partial charge in [0.1, 0.15) is 36.6 Å². The lowest BCUT2D eigenvalue weighted by atomic mass is 9.80. The molecule has 25 unspecified atom stereocenters. The first kappa shape index (κ1) is 68.2. The van der Waals surface area contributed by atoms with E-state index in [2.05, 4.69) is 6.92 Å². The molecule has 0 spiro atoms. The van der Waals surface area contributed by atoms with Gasteiger partial charge in [0.2, 0.25) is 0 Å². The van der Waals surface area contributed by atoms with E-state index in [1.165, 1.54) is 27.2 Å². The zero-order valence-electron chi connectivity index (χ0n) is 43.1. The van der Waals surface area contributed by atoms with E-state index in [4.69, 9.17) is 4.74 Å². The Morgan fingerprint density at radius 1 is 0.423 bits per heavy atom. The second kappa shape index (κ2) is 34.0. The SMILES string of the molecule is CCCCCCCCCCC(O)CC1(O)OC(CC(O)C(O)C(O)C(O)C(O)CC(O)CC(O)CC(O)CC(O)C(C)C(O)C(C)C(O)CC(O)C(C)C(O)C(O)CC(C)CC(C)CO)C(O)C(O)C1O. The molecule has 0 bridgehead atoms. The van der Waals surface area contributed by atoms with Crippen LogP contribution in [-0.4, -0.2) is 230 Å². The van der Waals surface area contributed by atoms with Gasteiger partial charge in [-0.05, 0) is 56.8 Å². The predicted molar refractivity (Wildman–Crippen MR) is 260 cm³/mol. The molecule has 1 saturated heterocycles. The Balaban J connectivity index is 2.65. The van der Waals surface area contributed by atoms with Crippen molar-refractivity contribution in [2.45, 2.75) is 279 Å². The summed E-state index contributed by atoms with van der Waals surface area (Å²) < 4.78 is 5.49. The molecule has 0 radical (unpaired) electrons. The Labute approximate surface area is 421 Å². The Morgan fingerprint density at radius 2 is 0.859 bits per heavy atom. The van der Waals surface area contributed by atoms with E-state index in [0.717, 1.165) is 38.5 Å². The minimum absolute atomic E-state index is 0.00907. The average molecular weight is 1040 g/mol. The van der Waals surface area contributed by atoms with Crippen molar-refractivity contribution >= 4 is 0 Å². The third-order valence-electron chi connectivity index (χ3n) is 14.9. The fraction of sp³-hybridized carbons (Fsp3) is 1.00. The molecule has 1 aliphatic heterocycles. The van der Waals surface area contributed by atoms with Crippen LogP contribution < -0.4 is 0 Å². The van der Waals surface area contributed by atoms with Crippen LogP contribution in [0.3, 0.4) is 0 Å². The molecule has 21 heteroatoms. The standard InChI is InChI=1S/C50H100O21/c1-7-8-9-10-11-12-13-14-15-31(52)24-50(70)49(69)48(68)46(66)41(71-50)23-40(61)45(65)47(67)44(64)39(60)21-34(55)19-32(53)18-33(54)20-35(56)28(4)42(62)29(5)36(57)22-37(58)30(6)43(63)38(59)17-26(2)16-27(3)25-51/h26-49,51-70H,7-25H2,1-6H3. The van der Waals surface area contributed by atoms with Crippen LogP contribution in [0.4, 0.5) is 0 Å². The quantitative estimate of drug-likeness (QED) is 0.0290. The molecule has 20 N–H and O–H groups in total. The normalized spacial score (nSPS) is 28.6. The number of aliphatic hydroxyl groups is 20. The van der Waals surface area contributed by atoms with Crippen LogP contribution in [0.25, 0.3) is 0 Å². The molecule has 1 rings (SSSR count). The van der Waals surface area contributed by atoms with Crippen molar-refractivity contribution in [1.82, 2.24) is 0 Å². The van der Waals surface area contributed by atoms with Gasteiger partial charge in [-0.15, -0.1) is 0 Å². The predicted octanol–water partition coefficient (Wildman–Crippen LogP) is -2.22. The molecule has 0 aromatic rings. The molecular weight excluding hydrogens is 937 g/mol. The number of unbranched alkanes of at least 4 members (excludes halogenated alkanes) is 7. The third-order valence-corrected chi connectivity index (χ3v) is 14.9. The van der Waals surface area contributed by atoms with Crippen molar-refractivity contribution in [1.29, 1.82) is 0 Å². The molecule has 21 nitrogen and oxygen atoms in total. The van der Waals surface area contributed by atoms with Crippen molar-refractivity contribution in [3.63, 3.8) is 0 Å². The van der Waals surface area contributed by atoms with Crippen LogP contribution in [0.2, 0.25) is 0 Å². The summed E-state index contributed by atoms with van der Waals surface area (Å²) >= 11 is 0. The summed E-state index contributed by atoms with van der Waals surface area (Å²) in [6.07, 6.45) is -26.0. The van der Waals surface area contributed by atoms with Crippen molar-refractivity contribution in [3.8, 4) is 0 Å². The maximum atomic E-state index is 11.1. The summed E-state index contributed by atoms with van der Waals surface area (Å²) in [6, 6.07) is 0. The minimum atomic E-state index is -2.57. The molecular formula is C50H100O21. The van der Waals surface area contributed by atoms with Gasteiger partial charge in [-0.3, -0.25) is 0 Å². The Hall–Kier alpha value is -0.840. The number of ether oxygens (including phenoxy) is 1. The molecule has 1 aliphatic rings. The first-order chi connectivity index (χ1) is 33.0. The Bertz CT molecular complexity index is 1360. The second-order valence-electron chi connectivity index (χ2n) is 21.7. The maximum absolute atomic E-state index is 11.1. The average Bonchev–Trinajstić information content (AvgIpc) is 3.30. The molecule has 71 heavy (non-hydrogen) atoms. The summed E-state index contributed by atoms with van der Waals surface area (Å²) in [6.45, 7) is 10.3. The molecule has 0 amide bonds. The van der Waals surface area contributed by atoms with Gasteiger partial charge >= 0.3 is 0 Å². The summed E-state index contributed by atoms with van der Waals surface area (Å²) in [7, 11) is 0. The monoisotopic (exact) mass is 1040 g/mol. The summed E-state index contributed by atoms with van der Waals surface area (Å²) in [5, 5.41) is 213. The molecule has 0 aromatic carbocycles.